The van der Waals surface area contributed by atoms with E-state index in [-0.39, 0.29) is 0 Å². The van der Waals surface area contributed by atoms with Gasteiger partial charge in [0.2, 0.25) is 0 Å². The minimum absolute atomic E-state index is 0.864. The van der Waals surface area contributed by atoms with Crippen LogP contribution < -0.4 is 0 Å². The third-order valence-electron chi connectivity index (χ3n) is 3.33. The van der Waals surface area contributed by atoms with Crippen LogP contribution >= 0.6 is 15.9 Å². The summed E-state index contributed by atoms with van der Waals surface area (Å²) >= 11 is 2.67. The van der Waals surface area contributed by atoms with Crippen molar-refractivity contribution in [3.05, 3.63) is 0 Å². The van der Waals surface area contributed by atoms with E-state index in [4.69, 9.17) is 0 Å². The summed E-state index contributed by atoms with van der Waals surface area (Å²) in [5.41, 5.74) is 0. The lowest BCUT2D eigenvalue weighted by molar-refractivity contribution is -0.458. The molecule has 0 fully saturated rings. The monoisotopic (exact) mass is 568 g/mol. The number of hydrogen-bond acceptors (Lipinski definition) is 2. The maximum Gasteiger partial charge on any atom is 0.460 e. The first-order chi connectivity index (χ1) is 13.3. The molecule has 0 saturated heterocycles. The van der Waals surface area contributed by atoms with Crippen molar-refractivity contribution in [1.82, 2.24) is 0 Å². The lowest BCUT2D eigenvalue weighted by atomic mass is 9.91. The average molecular weight is 569 g/mol. The summed E-state index contributed by atoms with van der Waals surface area (Å²) in [4.78, 5) is 0. The van der Waals surface area contributed by atoms with Crippen molar-refractivity contribution in [2.45, 2.75) is 60.0 Å². The standard InChI is InChI=1S/C12H9BrF16O2/c1-4(13)30-2-3-31-5(14)6(15,16)7(17,18)8(19,20)9(21,22)10(23,24)11(25,26)12(27,28)29/h4-5H,2-3H2,1H3. The molecule has 31 heavy (non-hydrogen) atoms. The summed E-state index contributed by atoms with van der Waals surface area (Å²) in [6.45, 7) is -1.08. The molecule has 0 radical (unpaired) electrons. The number of alkyl halides is 17. The predicted octanol–water partition coefficient (Wildman–Crippen LogP) is 6.43. The molecule has 19 heteroatoms. The van der Waals surface area contributed by atoms with Crippen molar-refractivity contribution in [3.63, 3.8) is 0 Å². The van der Waals surface area contributed by atoms with Crippen molar-refractivity contribution in [3.8, 4) is 0 Å². The van der Waals surface area contributed by atoms with Gasteiger partial charge in [0.15, 0.2) is 0 Å². The zero-order chi connectivity index (χ0) is 25.5. The number of rotatable bonds is 11. The van der Waals surface area contributed by atoms with Crippen LogP contribution in [0.2, 0.25) is 0 Å². The van der Waals surface area contributed by atoms with E-state index in [0.29, 0.717) is 0 Å². The van der Waals surface area contributed by atoms with Crippen LogP contribution in [0.15, 0.2) is 0 Å². The van der Waals surface area contributed by atoms with Gasteiger partial charge in [0.25, 0.3) is 6.36 Å². The fourth-order valence-electron chi connectivity index (χ4n) is 1.59. The van der Waals surface area contributed by atoms with E-state index >= 15 is 0 Å². The molecular weight excluding hydrogens is 560 g/mol. The van der Waals surface area contributed by atoms with E-state index in [1.165, 1.54) is 6.92 Å². The molecule has 0 spiro atoms. The van der Waals surface area contributed by atoms with Crippen LogP contribution in [0.1, 0.15) is 6.92 Å². The van der Waals surface area contributed by atoms with Gasteiger partial charge in [-0.25, -0.2) is 4.39 Å². The highest BCUT2D eigenvalue weighted by molar-refractivity contribution is 9.09. The largest absolute Gasteiger partial charge is 0.460 e. The number of halogens is 17. The highest BCUT2D eigenvalue weighted by Crippen LogP contribution is 2.62. The Labute approximate surface area is 169 Å². The maximum absolute atomic E-state index is 13.4. The molecule has 0 N–H and O–H groups in total. The second kappa shape index (κ2) is 8.90. The SMILES string of the molecule is CC(Br)OCCOC(F)C(F)(F)C(F)(F)C(F)(F)C(F)(F)C(F)(F)C(F)(F)C(F)(F)F. The van der Waals surface area contributed by atoms with Gasteiger partial charge in [-0.05, 0) is 6.92 Å². The van der Waals surface area contributed by atoms with E-state index in [0.717, 1.165) is 0 Å². The highest BCUT2D eigenvalue weighted by Gasteiger charge is 2.94. The normalized spacial score (nSPS) is 17.6. The van der Waals surface area contributed by atoms with Gasteiger partial charge in [-0.15, -0.1) is 0 Å². The quantitative estimate of drug-likeness (QED) is 0.162. The first-order valence-corrected chi connectivity index (χ1v) is 8.10. The minimum atomic E-state index is -8.47. The summed E-state index contributed by atoms with van der Waals surface area (Å²) in [6.07, 6.45) is -12.6. The average Bonchev–Trinajstić information content (AvgIpc) is 2.56. The summed E-state index contributed by atoms with van der Waals surface area (Å²) in [7, 11) is 0. The lowest BCUT2D eigenvalue weighted by Gasteiger charge is -2.41. The van der Waals surface area contributed by atoms with Gasteiger partial charge in [0.1, 0.15) is 5.01 Å². The van der Waals surface area contributed by atoms with E-state index < -0.39 is 66.3 Å². The topological polar surface area (TPSA) is 18.5 Å². The van der Waals surface area contributed by atoms with Crippen molar-refractivity contribution in [1.29, 1.82) is 0 Å². The molecule has 188 valence electrons. The fourth-order valence-corrected chi connectivity index (χ4v) is 1.78. The molecule has 2 unspecified atom stereocenters. The van der Waals surface area contributed by atoms with Crippen molar-refractivity contribution >= 4 is 15.9 Å². The van der Waals surface area contributed by atoms with Gasteiger partial charge in [0, 0.05) is 0 Å². The Hall–Kier alpha value is -0.720. The molecule has 0 aromatic carbocycles. The Morgan fingerprint density at radius 3 is 1.26 bits per heavy atom. The summed E-state index contributed by atoms with van der Waals surface area (Å²) in [6, 6.07) is 0. The van der Waals surface area contributed by atoms with Gasteiger partial charge in [-0.3, -0.25) is 0 Å². The van der Waals surface area contributed by atoms with Crippen LogP contribution in [0.25, 0.3) is 0 Å². The van der Waals surface area contributed by atoms with E-state index in [1.807, 2.05) is 0 Å². The summed E-state index contributed by atoms with van der Waals surface area (Å²) < 4.78 is 214. The van der Waals surface area contributed by atoms with Crippen molar-refractivity contribution in [2.24, 2.45) is 0 Å². The van der Waals surface area contributed by atoms with Gasteiger partial charge >= 0.3 is 41.7 Å². The van der Waals surface area contributed by atoms with Crippen molar-refractivity contribution in [2.75, 3.05) is 13.2 Å². The Morgan fingerprint density at radius 2 is 0.903 bits per heavy atom. The molecule has 0 aromatic rings. The third-order valence-corrected chi connectivity index (χ3v) is 3.60. The Morgan fingerprint density at radius 1 is 0.581 bits per heavy atom. The van der Waals surface area contributed by atoms with E-state index in [1.54, 1.807) is 0 Å². The zero-order valence-electron chi connectivity index (χ0n) is 14.3. The number of hydrogen-bond donors (Lipinski definition) is 0. The molecule has 0 heterocycles. The van der Waals surface area contributed by atoms with Crippen LogP contribution in [0.5, 0.6) is 0 Å². The molecule has 0 amide bonds. The summed E-state index contributed by atoms with van der Waals surface area (Å²) in [5.74, 6) is -48.4. The highest BCUT2D eigenvalue weighted by atomic mass is 79.9. The molecule has 0 saturated carbocycles. The molecule has 0 aromatic heterocycles. The molecule has 2 atom stereocenters. The second-order valence-corrected chi connectivity index (χ2v) is 6.88. The predicted molar refractivity (Wildman–Crippen MR) is 70.9 cm³/mol. The first-order valence-electron chi connectivity index (χ1n) is 7.19. The maximum atomic E-state index is 13.4. The van der Waals surface area contributed by atoms with Crippen LogP contribution in [-0.2, 0) is 9.47 Å². The minimum Gasteiger partial charge on any atom is -0.365 e. The molecule has 0 aliphatic rings. The third kappa shape index (κ3) is 4.96. The second-order valence-electron chi connectivity index (χ2n) is 5.59. The van der Waals surface area contributed by atoms with Crippen molar-refractivity contribution < 1.29 is 79.7 Å². The van der Waals surface area contributed by atoms with Gasteiger partial charge in [0.05, 0.1) is 13.2 Å². The Bertz CT molecular complexity index is 602. The van der Waals surface area contributed by atoms with Crippen LogP contribution in [0.4, 0.5) is 70.2 Å². The Kier molecular flexibility index (Phi) is 8.70. The smallest absolute Gasteiger partial charge is 0.365 e. The summed E-state index contributed by atoms with van der Waals surface area (Å²) in [5, 5.41) is -0.864. The van der Waals surface area contributed by atoms with Gasteiger partial charge in [-0.1, -0.05) is 15.9 Å². The fraction of sp³-hybridized carbons (Fsp3) is 1.00. The first kappa shape index (κ1) is 30.3. The molecule has 0 bridgehead atoms. The molecule has 2 nitrogen and oxygen atoms in total. The van der Waals surface area contributed by atoms with E-state index in [9.17, 15) is 70.2 Å². The van der Waals surface area contributed by atoms with Gasteiger partial charge in [-0.2, -0.15) is 65.9 Å². The Balaban J connectivity index is 6.09. The van der Waals surface area contributed by atoms with Crippen LogP contribution in [0, 0.1) is 0 Å². The molecule has 0 aliphatic heterocycles. The van der Waals surface area contributed by atoms with Gasteiger partial charge < -0.3 is 9.47 Å². The molecule has 0 rings (SSSR count). The number of ether oxygens (including phenoxy) is 2. The van der Waals surface area contributed by atoms with Crippen LogP contribution in [-0.4, -0.2) is 66.3 Å². The molecular formula is C12H9BrF16O2. The zero-order valence-corrected chi connectivity index (χ0v) is 15.9. The van der Waals surface area contributed by atoms with Crippen LogP contribution in [0.3, 0.4) is 0 Å². The molecule has 0 aliphatic carbocycles. The lowest BCUT2D eigenvalue weighted by Crippen LogP contribution is -2.73. The van der Waals surface area contributed by atoms with E-state index in [2.05, 4.69) is 25.4 Å².